The Bertz CT molecular complexity index is 510. The molecule has 2 rings (SSSR count). The number of nitrogens with two attached hydrogens (primary N) is 1. The molecule has 0 saturated heterocycles. The molecule has 1 heterocycles. The zero-order valence-corrected chi connectivity index (χ0v) is 8.20. The van der Waals surface area contributed by atoms with Gasteiger partial charge in [0.1, 0.15) is 5.82 Å². The number of nitrogen functional groups attached to an aromatic ring is 1. The third kappa shape index (κ3) is 2.00. The second-order valence-corrected chi connectivity index (χ2v) is 3.18. The predicted molar refractivity (Wildman–Crippen MR) is 57.4 cm³/mol. The molecule has 16 heavy (non-hydrogen) atoms. The summed E-state index contributed by atoms with van der Waals surface area (Å²) in [6, 6.07) is 3.97. The number of benzene rings is 1. The van der Waals surface area contributed by atoms with Crippen LogP contribution in [0.1, 0.15) is 10.4 Å². The lowest BCUT2D eigenvalue weighted by Crippen LogP contribution is -2.12. The maximum Gasteiger partial charge on any atom is 0.258 e. The lowest BCUT2D eigenvalue weighted by Gasteiger charge is -2.05. The molecule has 0 fully saturated rings. The van der Waals surface area contributed by atoms with Gasteiger partial charge >= 0.3 is 0 Å². The SMILES string of the molecule is Nc1ccc(F)c(NC(=O)c2cn[nH]c2)c1. The Balaban J connectivity index is 2.21. The van der Waals surface area contributed by atoms with Crippen molar-refractivity contribution >= 4 is 17.3 Å². The van der Waals surface area contributed by atoms with Gasteiger partial charge in [-0.3, -0.25) is 9.89 Å². The van der Waals surface area contributed by atoms with E-state index in [1.165, 1.54) is 30.6 Å². The van der Waals surface area contributed by atoms with Crippen LogP contribution in [-0.2, 0) is 0 Å². The van der Waals surface area contributed by atoms with Crippen molar-refractivity contribution in [1.82, 2.24) is 10.2 Å². The Hall–Kier alpha value is -2.37. The average molecular weight is 220 g/mol. The largest absolute Gasteiger partial charge is 0.399 e. The van der Waals surface area contributed by atoms with E-state index >= 15 is 0 Å². The number of nitrogens with zero attached hydrogens (tertiary/aromatic N) is 1. The highest BCUT2D eigenvalue weighted by molar-refractivity contribution is 6.04. The smallest absolute Gasteiger partial charge is 0.258 e. The molecule has 0 bridgehead atoms. The molecule has 0 spiro atoms. The Morgan fingerprint density at radius 3 is 3.00 bits per heavy atom. The number of amides is 1. The van der Waals surface area contributed by atoms with Gasteiger partial charge in [-0.05, 0) is 18.2 Å². The number of aromatic amines is 1. The lowest BCUT2D eigenvalue weighted by atomic mass is 10.2. The normalized spacial score (nSPS) is 10.1. The number of halogens is 1. The van der Waals surface area contributed by atoms with Crippen LogP contribution in [0.2, 0.25) is 0 Å². The van der Waals surface area contributed by atoms with Crippen molar-refractivity contribution in [2.24, 2.45) is 0 Å². The number of H-pyrrole nitrogens is 1. The van der Waals surface area contributed by atoms with E-state index < -0.39 is 11.7 Å². The summed E-state index contributed by atoms with van der Waals surface area (Å²) in [5, 5.41) is 8.51. The van der Waals surface area contributed by atoms with Crippen molar-refractivity contribution in [3.05, 3.63) is 42.0 Å². The summed E-state index contributed by atoms with van der Waals surface area (Å²) in [5.41, 5.74) is 6.23. The molecule has 82 valence electrons. The van der Waals surface area contributed by atoms with Gasteiger partial charge in [-0.15, -0.1) is 0 Å². The highest BCUT2D eigenvalue weighted by Gasteiger charge is 2.10. The van der Waals surface area contributed by atoms with Gasteiger partial charge in [0.15, 0.2) is 0 Å². The molecular weight excluding hydrogens is 211 g/mol. The van der Waals surface area contributed by atoms with E-state index in [9.17, 15) is 9.18 Å². The molecule has 5 nitrogen and oxygen atoms in total. The molecule has 0 unspecified atom stereocenters. The van der Waals surface area contributed by atoms with Gasteiger partial charge in [-0.25, -0.2) is 4.39 Å². The zero-order chi connectivity index (χ0) is 11.5. The van der Waals surface area contributed by atoms with E-state index in [0.29, 0.717) is 11.3 Å². The van der Waals surface area contributed by atoms with Gasteiger partial charge in [-0.1, -0.05) is 0 Å². The fourth-order valence-electron chi connectivity index (χ4n) is 1.21. The molecule has 2 aromatic rings. The molecule has 4 N–H and O–H groups in total. The van der Waals surface area contributed by atoms with E-state index in [4.69, 9.17) is 5.73 Å². The summed E-state index contributed by atoms with van der Waals surface area (Å²) in [6.45, 7) is 0. The number of rotatable bonds is 2. The van der Waals surface area contributed by atoms with Gasteiger partial charge in [0.2, 0.25) is 0 Å². The summed E-state index contributed by atoms with van der Waals surface area (Å²) in [6.07, 6.45) is 2.76. The number of hydrogen-bond acceptors (Lipinski definition) is 3. The van der Waals surface area contributed by atoms with Crippen LogP contribution in [0.3, 0.4) is 0 Å². The quantitative estimate of drug-likeness (QED) is 0.668. The van der Waals surface area contributed by atoms with Crippen molar-refractivity contribution in [3.63, 3.8) is 0 Å². The van der Waals surface area contributed by atoms with Crippen LogP contribution in [0, 0.1) is 5.82 Å². The molecule has 6 heteroatoms. The molecule has 0 atom stereocenters. The third-order valence-electron chi connectivity index (χ3n) is 2.00. The first-order chi connectivity index (χ1) is 7.66. The molecule has 1 amide bonds. The Labute approximate surface area is 90.5 Å². The minimum atomic E-state index is -0.536. The van der Waals surface area contributed by atoms with Crippen molar-refractivity contribution in [1.29, 1.82) is 0 Å². The molecule has 1 aromatic carbocycles. The van der Waals surface area contributed by atoms with Gasteiger partial charge < -0.3 is 11.1 Å². The van der Waals surface area contributed by atoms with Gasteiger partial charge in [0.25, 0.3) is 5.91 Å². The summed E-state index contributed by atoms with van der Waals surface area (Å²) in [4.78, 5) is 11.6. The number of carbonyl (C=O) groups excluding carboxylic acids is 1. The highest BCUT2D eigenvalue weighted by atomic mass is 19.1. The highest BCUT2D eigenvalue weighted by Crippen LogP contribution is 2.18. The van der Waals surface area contributed by atoms with Crippen LogP contribution in [0.4, 0.5) is 15.8 Å². The fourth-order valence-corrected chi connectivity index (χ4v) is 1.21. The Kier molecular flexibility index (Phi) is 2.55. The summed E-state index contributed by atoms with van der Waals surface area (Å²) < 4.78 is 13.3. The van der Waals surface area contributed by atoms with Crippen LogP contribution in [0.25, 0.3) is 0 Å². The topological polar surface area (TPSA) is 83.8 Å². The van der Waals surface area contributed by atoms with Crippen LogP contribution >= 0.6 is 0 Å². The second-order valence-electron chi connectivity index (χ2n) is 3.18. The van der Waals surface area contributed by atoms with Crippen molar-refractivity contribution in [3.8, 4) is 0 Å². The summed E-state index contributed by atoms with van der Waals surface area (Å²) in [7, 11) is 0. The van der Waals surface area contributed by atoms with Crippen LogP contribution in [0.15, 0.2) is 30.6 Å². The fraction of sp³-hybridized carbons (Fsp3) is 0. The zero-order valence-electron chi connectivity index (χ0n) is 8.20. The standard InChI is InChI=1S/C10H9FN4O/c11-8-2-1-7(12)3-9(8)15-10(16)6-4-13-14-5-6/h1-5H,12H2,(H,13,14)(H,15,16). The molecule has 0 saturated carbocycles. The number of carbonyl (C=O) groups is 1. The van der Waals surface area contributed by atoms with E-state index in [-0.39, 0.29) is 5.69 Å². The van der Waals surface area contributed by atoms with Gasteiger partial charge in [0.05, 0.1) is 17.4 Å². The number of hydrogen-bond donors (Lipinski definition) is 3. The maximum absolute atomic E-state index is 13.3. The number of aromatic nitrogens is 2. The maximum atomic E-state index is 13.3. The average Bonchev–Trinajstić information content (AvgIpc) is 2.76. The van der Waals surface area contributed by atoms with E-state index in [0.717, 1.165) is 0 Å². The van der Waals surface area contributed by atoms with E-state index in [1.807, 2.05) is 0 Å². The first-order valence-electron chi connectivity index (χ1n) is 4.52. The molecule has 0 aliphatic rings. The predicted octanol–water partition coefficient (Wildman–Crippen LogP) is 1.38. The monoisotopic (exact) mass is 220 g/mol. The minimum Gasteiger partial charge on any atom is -0.399 e. The first kappa shape index (κ1) is 10.2. The molecular formula is C10H9FN4O. The molecule has 1 aromatic heterocycles. The van der Waals surface area contributed by atoms with E-state index in [1.54, 1.807) is 0 Å². The third-order valence-corrected chi connectivity index (χ3v) is 2.00. The van der Waals surface area contributed by atoms with Crippen LogP contribution in [-0.4, -0.2) is 16.1 Å². The van der Waals surface area contributed by atoms with Crippen LogP contribution in [0.5, 0.6) is 0 Å². The lowest BCUT2D eigenvalue weighted by molar-refractivity contribution is 0.102. The Morgan fingerprint density at radius 1 is 1.50 bits per heavy atom. The first-order valence-corrected chi connectivity index (χ1v) is 4.52. The number of nitrogens with one attached hydrogen (secondary N) is 2. The molecule has 0 aliphatic heterocycles. The molecule has 0 radical (unpaired) electrons. The van der Waals surface area contributed by atoms with Crippen molar-refractivity contribution in [2.75, 3.05) is 11.1 Å². The second kappa shape index (κ2) is 4.01. The molecule has 0 aliphatic carbocycles. The van der Waals surface area contributed by atoms with Crippen molar-refractivity contribution < 1.29 is 9.18 Å². The van der Waals surface area contributed by atoms with Crippen LogP contribution < -0.4 is 11.1 Å². The minimum absolute atomic E-state index is 0.0474. The van der Waals surface area contributed by atoms with Crippen molar-refractivity contribution in [2.45, 2.75) is 0 Å². The summed E-state index contributed by atoms with van der Waals surface area (Å²) in [5.74, 6) is -0.982. The van der Waals surface area contributed by atoms with Gasteiger partial charge in [-0.2, -0.15) is 5.10 Å². The van der Waals surface area contributed by atoms with Gasteiger partial charge in [0, 0.05) is 11.9 Å². The Morgan fingerprint density at radius 2 is 2.31 bits per heavy atom. The summed E-state index contributed by atoms with van der Waals surface area (Å²) >= 11 is 0. The van der Waals surface area contributed by atoms with E-state index in [2.05, 4.69) is 15.5 Å². The number of anilines is 2.